The Morgan fingerprint density at radius 3 is 2.53 bits per heavy atom. The number of carbonyl (C=O) groups is 1. The fourth-order valence-electron chi connectivity index (χ4n) is 2.17. The van der Waals surface area contributed by atoms with E-state index in [1.54, 1.807) is 0 Å². The molecule has 0 N–H and O–H groups in total. The van der Waals surface area contributed by atoms with Gasteiger partial charge in [0.25, 0.3) is 0 Å². The van der Waals surface area contributed by atoms with Gasteiger partial charge >= 0.3 is 0 Å². The highest BCUT2D eigenvalue weighted by Gasteiger charge is 2.17. The molecule has 0 amide bonds. The van der Waals surface area contributed by atoms with Crippen molar-refractivity contribution in [3.63, 3.8) is 0 Å². The van der Waals surface area contributed by atoms with Crippen LogP contribution in [0.3, 0.4) is 0 Å². The number of Topliss-reactive ketones (excluding diaryl/α,β-unsaturated/α-hetero) is 1. The van der Waals surface area contributed by atoms with E-state index >= 15 is 0 Å². The van der Waals surface area contributed by atoms with Crippen molar-refractivity contribution in [1.82, 2.24) is 0 Å². The minimum Gasteiger partial charge on any atom is -0.299 e. The van der Waals surface area contributed by atoms with Gasteiger partial charge in [-0.1, -0.05) is 12.1 Å². The van der Waals surface area contributed by atoms with Gasteiger partial charge in [0.05, 0.1) is 0 Å². The van der Waals surface area contributed by atoms with Crippen LogP contribution in [0.1, 0.15) is 24.8 Å². The van der Waals surface area contributed by atoms with Crippen LogP contribution in [-0.4, -0.2) is 17.3 Å². The molecule has 1 heterocycles. The molecule has 92 valence electrons. The molecule has 1 aromatic carbocycles. The Morgan fingerprint density at radius 2 is 1.88 bits per heavy atom. The molecule has 1 aliphatic rings. The third-order valence-corrected chi connectivity index (χ3v) is 4.94. The highest BCUT2D eigenvalue weighted by atomic mass is 127. The molecular weight excluding hydrogens is 343 g/mol. The quantitative estimate of drug-likeness (QED) is 0.757. The first-order valence-corrected chi connectivity index (χ1v) is 8.31. The Hall–Kier alpha value is -0.0300. The third kappa shape index (κ3) is 4.62. The molecular formula is C14H17IOS. The number of benzene rings is 1. The van der Waals surface area contributed by atoms with Gasteiger partial charge < -0.3 is 0 Å². The van der Waals surface area contributed by atoms with Crippen molar-refractivity contribution in [2.75, 3.05) is 11.5 Å². The van der Waals surface area contributed by atoms with Gasteiger partial charge in [-0.05, 0) is 70.6 Å². The molecule has 0 aliphatic carbocycles. The number of thioether (sulfide) groups is 1. The first-order valence-electron chi connectivity index (χ1n) is 6.08. The van der Waals surface area contributed by atoms with E-state index in [0.717, 1.165) is 12.0 Å². The topological polar surface area (TPSA) is 17.1 Å². The Labute approximate surface area is 121 Å². The average molecular weight is 360 g/mol. The van der Waals surface area contributed by atoms with Crippen molar-refractivity contribution in [2.45, 2.75) is 25.7 Å². The summed E-state index contributed by atoms with van der Waals surface area (Å²) in [6, 6.07) is 8.27. The minimum absolute atomic E-state index is 0.406. The highest BCUT2D eigenvalue weighted by Crippen LogP contribution is 2.25. The van der Waals surface area contributed by atoms with Crippen LogP contribution in [0.5, 0.6) is 0 Å². The van der Waals surface area contributed by atoms with Crippen molar-refractivity contribution in [1.29, 1.82) is 0 Å². The maximum absolute atomic E-state index is 12.0. The monoisotopic (exact) mass is 360 g/mol. The first kappa shape index (κ1) is 13.4. The predicted octanol–water partition coefficient (Wildman–Crippen LogP) is 3.94. The Balaban J connectivity index is 1.82. The Kier molecular flexibility index (Phi) is 5.35. The van der Waals surface area contributed by atoms with Crippen molar-refractivity contribution < 1.29 is 4.79 Å². The van der Waals surface area contributed by atoms with E-state index in [-0.39, 0.29) is 0 Å². The van der Waals surface area contributed by atoms with E-state index < -0.39 is 0 Å². The average Bonchev–Trinajstić information content (AvgIpc) is 2.33. The molecule has 0 unspecified atom stereocenters. The summed E-state index contributed by atoms with van der Waals surface area (Å²) in [5.74, 6) is 3.53. The number of rotatable bonds is 4. The van der Waals surface area contributed by atoms with Gasteiger partial charge in [0.15, 0.2) is 0 Å². The van der Waals surface area contributed by atoms with Crippen molar-refractivity contribution in [2.24, 2.45) is 5.92 Å². The second-order valence-corrected chi connectivity index (χ2v) is 7.07. The molecule has 0 radical (unpaired) electrons. The van der Waals surface area contributed by atoms with Crippen molar-refractivity contribution in [3.05, 3.63) is 33.4 Å². The summed E-state index contributed by atoms with van der Waals surface area (Å²) in [6.07, 6.45) is 3.85. The zero-order valence-corrected chi connectivity index (χ0v) is 12.8. The number of ketones is 1. The van der Waals surface area contributed by atoms with Crippen LogP contribution in [0.2, 0.25) is 0 Å². The molecule has 2 rings (SSSR count). The maximum Gasteiger partial charge on any atom is 0.137 e. The molecule has 1 fully saturated rings. The van der Waals surface area contributed by atoms with Crippen LogP contribution in [0.4, 0.5) is 0 Å². The summed E-state index contributed by atoms with van der Waals surface area (Å²) in [5, 5.41) is 0. The number of halogens is 1. The maximum atomic E-state index is 12.0. The van der Waals surface area contributed by atoms with Crippen LogP contribution in [0.15, 0.2) is 24.3 Å². The second kappa shape index (κ2) is 6.78. The number of hydrogen-bond acceptors (Lipinski definition) is 2. The fourth-order valence-corrected chi connectivity index (χ4v) is 3.74. The number of carbonyl (C=O) groups excluding carboxylic acids is 1. The Morgan fingerprint density at radius 1 is 1.24 bits per heavy atom. The first-order chi connectivity index (χ1) is 8.24. The summed E-state index contributed by atoms with van der Waals surface area (Å²) in [5.41, 5.74) is 1.15. The summed E-state index contributed by atoms with van der Waals surface area (Å²) < 4.78 is 1.23. The van der Waals surface area contributed by atoms with E-state index in [0.29, 0.717) is 18.1 Å². The van der Waals surface area contributed by atoms with Gasteiger partial charge in [-0.15, -0.1) is 0 Å². The molecule has 3 heteroatoms. The highest BCUT2D eigenvalue weighted by molar-refractivity contribution is 14.1. The summed E-state index contributed by atoms with van der Waals surface area (Å²) >= 11 is 4.31. The van der Waals surface area contributed by atoms with Crippen molar-refractivity contribution >= 4 is 40.1 Å². The number of hydrogen-bond donors (Lipinski definition) is 0. The van der Waals surface area contributed by atoms with Gasteiger partial charge in [-0.3, -0.25) is 4.79 Å². The molecule has 1 saturated heterocycles. The molecule has 0 saturated carbocycles. The van der Waals surface area contributed by atoms with E-state index in [9.17, 15) is 4.79 Å². The molecule has 0 atom stereocenters. The fraction of sp³-hybridized carbons (Fsp3) is 0.500. The smallest absolute Gasteiger partial charge is 0.137 e. The SMILES string of the molecule is O=C(Cc1ccc(I)cc1)CC1CCSCC1. The van der Waals surface area contributed by atoms with Gasteiger partial charge in [0.2, 0.25) is 0 Å². The lowest BCUT2D eigenvalue weighted by Crippen LogP contribution is -2.15. The van der Waals surface area contributed by atoms with Gasteiger partial charge in [-0.2, -0.15) is 11.8 Å². The van der Waals surface area contributed by atoms with Gasteiger partial charge in [0, 0.05) is 16.4 Å². The van der Waals surface area contributed by atoms with Crippen LogP contribution in [0.25, 0.3) is 0 Å². The largest absolute Gasteiger partial charge is 0.299 e. The normalized spacial score (nSPS) is 17.0. The van der Waals surface area contributed by atoms with Crippen LogP contribution in [0, 0.1) is 9.49 Å². The predicted molar refractivity (Wildman–Crippen MR) is 82.5 cm³/mol. The zero-order chi connectivity index (χ0) is 12.1. The molecule has 0 aromatic heterocycles. The lowest BCUT2D eigenvalue weighted by Gasteiger charge is -2.20. The van der Waals surface area contributed by atoms with E-state index in [1.807, 2.05) is 11.8 Å². The van der Waals surface area contributed by atoms with E-state index in [2.05, 4.69) is 46.9 Å². The minimum atomic E-state index is 0.406. The lowest BCUT2D eigenvalue weighted by atomic mass is 9.94. The molecule has 1 aromatic rings. The second-order valence-electron chi connectivity index (χ2n) is 4.60. The van der Waals surface area contributed by atoms with Crippen LogP contribution in [-0.2, 0) is 11.2 Å². The standard InChI is InChI=1S/C14H17IOS/c15-13-3-1-11(2-4-13)9-14(16)10-12-5-7-17-8-6-12/h1-4,12H,5-10H2. The zero-order valence-electron chi connectivity index (χ0n) is 9.82. The van der Waals surface area contributed by atoms with E-state index in [1.165, 1.54) is 27.9 Å². The molecule has 1 nitrogen and oxygen atoms in total. The third-order valence-electron chi connectivity index (χ3n) is 3.17. The van der Waals surface area contributed by atoms with Gasteiger partial charge in [-0.25, -0.2) is 0 Å². The van der Waals surface area contributed by atoms with E-state index in [4.69, 9.17) is 0 Å². The van der Waals surface area contributed by atoms with Crippen LogP contribution < -0.4 is 0 Å². The Bertz CT molecular complexity index is 368. The summed E-state index contributed by atoms with van der Waals surface area (Å²) in [6.45, 7) is 0. The molecule has 1 aliphatic heterocycles. The van der Waals surface area contributed by atoms with Gasteiger partial charge in [0.1, 0.15) is 5.78 Å². The molecule has 0 bridgehead atoms. The lowest BCUT2D eigenvalue weighted by molar-refractivity contribution is -0.119. The molecule has 0 spiro atoms. The van der Waals surface area contributed by atoms with Crippen LogP contribution >= 0.6 is 34.4 Å². The summed E-state index contributed by atoms with van der Waals surface area (Å²) in [4.78, 5) is 12.0. The summed E-state index contributed by atoms with van der Waals surface area (Å²) in [7, 11) is 0. The van der Waals surface area contributed by atoms with Crippen molar-refractivity contribution in [3.8, 4) is 0 Å². The molecule has 17 heavy (non-hydrogen) atoms.